The molecule has 0 radical (unpaired) electrons. The quantitative estimate of drug-likeness (QED) is 0.736. The Morgan fingerprint density at radius 1 is 1.12 bits per heavy atom. The normalized spacial score (nSPS) is 11.8. The summed E-state index contributed by atoms with van der Waals surface area (Å²) in [5.74, 6) is -1.16. The van der Waals surface area contributed by atoms with Gasteiger partial charge in [0.25, 0.3) is 0 Å². The molecule has 0 bridgehead atoms. The van der Waals surface area contributed by atoms with Crippen LogP contribution in [0.5, 0.6) is 0 Å². The number of hydrogen-bond donors (Lipinski definition) is 0. The summed E-state index contributed by atoms with van der Waals surface area (Å²) in [6.45, 7) is 3.82. The summed E-state index contributed by atoms with van der Waals surface area (Å²) < 4.78 is 0. The number of carbonyl (C=O) groups excluding carboxylic acids is 1. The van der Waals surface area contributed by atoms with Crippen molar-refractivity contribution in [2.24, 2.45) is 0 Å². The van der Waals surface area contributed by atoms with Crippen molar-refractivity contribution in [2.45, 2.75) is 13.8 Å². The summed E-state index contributed by atoms with van der Waals surface area (Å²) >= 11 is 0. The van der Waals surface area contributed by atoms with Gasteiger partial charge in [0.1, 0.15) is 0 Å². The minimum absolute atomic E-state index is 0.701. The first-order valence-corrected chi connectivity index (χ1v) is 5.46. The van der Waals surface area contributed by atoms with Crippen LogP contribution in [-0.2, 0) is 4.79 Å². The van der Waals surface area contributed by atoms with Gasteiger partial charge in [-0.3, -0.25) is 0 Å². The molecule has 0 atom stereocenters. The largest absolute Gasteiger partial charge is 0.545 e. The fourth-order valence-corrected chi connectivity index (χ4v) is 1.87. The first-order valence-electron chi connectivity index (χ1n) is 5.46. The number of hydrogen-bond acceptors (Lipinski definition) is 2. The van der Waals surface area contributed by atoms with Gasteiger partial charge >= 0.3 is 0 Å². The van der Waals surface area contributed by atoms with Crippen LogP contribution in [0.2, 0.25) is 0 Å². The van der Waals surface area contributed by atoms with Crippen molar-refractivity contribution < 1.29 is 9.90 Å². The maximum atomic E-state index is 10.5. The zero-order chi connectivity index (χ0) is 12.4. The number of carboxylic acids is 1. The number of aryl methyl sites for hydroxylation is 1. The number of carboxylic acid groups (broad SMARTS) is 1. The van der Waals surface area contributed by atoms with E-state index in [1.807, 2.05) is 30.3 Å². The third-order valence-corrected chi connectivity index (χ3v) is 2.79. The molecule has 0 saturated heterocycles. The van der Waals surface area contributed by atoms with Gasteiger partial charge in [0.2, 0.25) is 0 Å². The first-order chi connectivity index (χ1) is 8.06. The number of allylic oxidation sites excluding steroid dienone is 1. The second-order valence-corrected chi connectivity index (χ2v) is 4.21. The van der Waals surface area contributed by atoms with Crippen molar-refractivity contribution in [2.75, 3.05) is 0 Å². The monoisotopic (exact) mass is 225 g/mol. The number of benzene rings is 2. The predicted octanol–water partition coefficient (Wildman–Crippen LogP) is 2.30. The van der Waals surface area contributed by atoms with E-state index in [-0.39, 0.29) is 0 Å². The molecule has 0 heterocycles. The van der Waals surface area contributed by atoms with Crippen LogP contribution in [0.25, 0.3) is 16.3 Å². The van der Waals surface area contributed by atoms with Crippen molar-refractivity contribution in [3.8, 4) is 0 Å². The van der Waals surface area contributed by atoms with E-state index in [1.165, 1.54) is 5.56 Å². The Bertz CT molecular complexity index is 609. The van der Waals surface area contributed by atoms with Crippen LogP contribution < -0.4 is 5.11 Å². The first kappa shape index (κ1) is 11.4. The van der Waals surface area contributed by atoms with Crippen molar-refractivity contribution in [1.82, 2.24) is 0 Å². The van der Waals surface area contributed by atoms with E-state index in [1.54, 1.807) is 6.92 Å². The van der Waals surface area contributed by atoms with E-state index >= 15 is 0 Å². The second kappa shape index (κ2) is 4.42. The van der Waals surface area contributed by atoms with Gasteiger partial charge in [-0.15, -0.1) is 0 Å². The van der Waals surface area contributed by atoms with Crippen LogP contribution in [-0.4, -0.2) is 5.97 Å². The molecular formula is C15H13O2-. The highest BCUT2D eigenvalue weighted by molar-refractivity contribution is 5.91. The van der Waals surface area contributed by atoms with Crippen molar-refractivity contribution in [3.05, 3.63) is 53.6 Å². The lowest BCUT2D eigenvalue weighted by atomic mass is 10.0. The van der Waals surface area contributed by atoms with Crippen LogP contribution in [0.3, 0.4) is 0 Å². The Kier molecular flexibility index (Phi) is 2.96. The molecule has 17 heavy (non-hydrogen) atoms. The Balaban J connectivity index is 2.52. The van der Waals surface area contributed by atoms with E-state index in [0.717, 1.165) is 22.4 Å². The molecule has 2 aromatic carbocycles. The maximum Gasteiger partial charge on any atom is 0.0645 e. The van der Waals surface area contributed by atoms with Crippen LogP contribution in [0.15, 0.2) is 42.5 Å². The number of aliphatic carboxylic acids is 1. The van der Waals surface area contributed by atoms with Gasteiger partial charge in [0.05, 0.1) is 5.97 Å². The fraction of sp³-hybridized carbons (Fsp3) is 0.133. The van der Waals surface area contributed by atoms with Gasteiger partial charge in [-0.2, -0.15) is 0 Å². The van der Waals surface area contributed by atoms with E-state index in [0.29, 0.717) is 5.57 Å². The van der Waals surface area contributed by atoms with Crippen LogP contribution >= 0.6 is 0 Å². The van der Waals surface area contributed by atoms with E-state index < -0.39 is 5.97 Å². The molecule has 0 unspecified atom stereocenters. The molecule has 2 heteroatoms. The van der Waals surface area contributed by atoms with Gasteiger partial charge in [0, 0.05) is 0 Å². The van der Waals surface area contributed by atoms with E-state index in [4.69, 9.17) is 0 Å². The van der Waals surface area contributed by atoms with Gasteiger partial charge < -0.3 is 9.90 Å². The molecule has 86 valence electrons. The molecule has 2 aromatic rings. The highest BCUT2D eigenvalue weighted by Gasteiger charge is 1.99. The zero-order valence-electron chi connectivity index (χ0n) is 9.86. The average Bonchev–Trinajstić information content (AvgIpc) is 2.27. The summed E-state index contributed by atoms with van der Waals surface area (Å²) in [5.41, 5.74) is 2.82. The lowest BCUT2D eigenvalue weighted by Gasteiger charge is -2.05. The Labute approximate surface area is 100 Å². The standard InChI is InChI=1S/C15H14O2/c1-10-3-4-14-9-12(5-6-13(14)7-10)11(2)8-15(16)17/h3-9H,1-2H3,(H,16,17)/p-1/b11-8+. The van der Waals surface area contributed by atoms with Crippen LogP contribution in [0.1, 0.15) is 18.1 Å². The Hall–Kier alpha value is -2.09. The zero-order valence-corrected chi connectivity index (χ0v) is 9.86. The number of rotatable bonds is 2. The van der Waals surface area contributed by atoms with Crippen LogP contribution in [0.4, 0.5) is 0 Å². The molecule has 0 spiro atoms. The fourth-order valence-electron chi connectivity index (χ4n) is 1.87. The van der Waals surface area contributed by atoms with E-state index in [9.17, 15) is 9.90 Å². The topological polar surface area (TPSA) is 40.1 Å². The number of fused-ring (bicyclic) bond motifs is 1. The SMILES string of the molecule is C/C(=C\C(=O)[O-])c1ccc2cc(C)ccc2c1. The second-order valence-electron chi connectivity index (χ2n) is 4.21. The van der Waals surface area contributed by atoms with Crippen LogP contribution in [0, 0.1) is 6.92 Å². The third kappa shape index (κ3) is 2.53. The lowest BCUT2D eigenvalue weighted by Crippen LogP contribution is -2.19. The molecule has 0 aliphatic carbocycles. The minimum atomic E-state index is -1.16. The third-order valence-electron chi connectivity index (χ3n) is 2.79. The van der Waals surface area contributed by atoms with Crippen molar-refractivity contribution in [3.63, 3.8) is 0 Å². The lowest BCUT2D eigenvalue weighted by molar-refractivity contribution is -0.297. The van der Waals surface area contributed by atoms with E-state index in [2.05, 4.69) is 13.0 Å². The molecule has 0 N–H and O–H groups in total. The van der Waals surface area contributed by atoms with Gasteiger partial charge in [-0.25, -0.2) is 0 Å². The summed E-state index contributed by atoms with van der Waals surface area (Å²) in [5, 5.41) is 12.8. The average molecular weight is 225 g/mol. The summed E-state index contributed by atoms with van der Waals surface area (Å²) in [7, 11) is 0. The highest BCUT2D eigenvalue weighted by Crippen LogP contribution is 2.21. The molecule has 0 fully saturated rings. The summed E-state index contributed by atoms with van der Waals surface area (Å²) in [6.07, 6.45) is 1.12. The van der Waals surface area contributed by atoms with Crippen molar-refractivity contribution >= 4 is 22.3 Å². The molecule has 0 aromatic heterocycles. The molecular weight excluding hydrogens is 212 g/mol. The van der Waals surface area contributed by atoms with Gasteiger partial charge in [-0.1, -0.05) is 35.9 Å². The summed E-state index contributed by atoms with van der Waals surface area (Å²) in [6, 6.07) is 12.1. The van der Waals surface area contributed by atoms with Gasteiger partial charge in [0.15, 0.2) is 0 Å². The molecule has 0 aliphatic heterocycles. The predicted molar refractivity (Wildman–Crippen MR) is 67.3 cm³/mol. The Morgan fingerprint density at radius 3 is 2.47 bits per heavy atom. The Morgan fingerprint density at radius 2 is 1.76 bits per heavy atom. The van der Waals surface area contributed by atoms with Crippen molar-refractivity contribution in [1.29, 1.82) is 0 Å². The molecule has 2 rings (SSSR count). The van der Waals surface area contributed by atoms with Gasteiger partial charge in [-0.05, 0) is 47.9 Å². The summed E-state index contributed by atoms with van der Waals surface area (Å²) in [4.78, 5) is 10.5. The molecule has 0 saturated carbocycles. The molecule has 0 aliphatic rings. The minimum Gasteiger partial charge on any atom is -0.545 e. The molecule has 0 amide bonds. The smallest absolute Gasteiger partial charge is 0.0645 e. The molecule has 2 nitrogen and oxygen atoms in total. The highest BCUT2D eigenvalue weighted by atomic mass is 16.4. The maximum absolute atomic E-state index is 10.5. The number of carbonyl (C=O) groups is 1.